The number of allylic oxidation sites excluding steroid dienone is 1. The van der Waals surface area contributed by atoms with Gasteiger partial charge >= 0.3 is 0 Å². The highest BCUT2D eigenvalue weighted by atomic mass is 16.1. The third-order valence-electron chi connectivity index (χ3n) is 6.74. The van der Waals surface area contributed by atoms with Crippen LogP contribution in [0.15, 0.2) is 42.5 Å². The summed E-state index contributed by atoms with van der Waals surface area (Å²) >= 11 is 0. The fourth-order valence-electron chi connectivity index (χ4n) is 5.21. The van der Waals surface area contributed by atoms with Crippen LogP contribution >= 0.6 is 0 Å². The number of unbranched alkanes of at least 4 members (excludes halogenated alkanes) is 1. The van der Waals surface area contributed by atoms with Gasteiger partial charge in [0.1, 0.15) is 5.78 Å². The number of fused-ring (bicyclic) bond motifs is 1. The van der Waals surface area contributed by atoms with Gasteiger partial charge in [-0.05, 0) is 55.1 Å². The summed E-state index contributed by atoms with van der Waals surface area (Å²) in [5, 5.41) is 0. The fraction of sp³-hybridized carbons (Fsp3) is 0.600. The molecule has 0 aliphatic heterocycles. The van der Waals surface area contributed by atoms with Gasteiger partial charge in [-0.15, -0.1) is 0 Å². The summed E-state index contributed by atoms with van der Waals surface area (Å²) in [6, 6.07) is 9.83. The molecule has 27 heavy (non-hydrogen) atoms. The topological polar surface area (TPSA) is 34.1 Å². The molecule has 1 aromatic carbocycles. The highest BCUT2D eigenvalue weighted by molar-refractivity contribution is 5.96. The minimum Gasteiger partial charge on any atom is -0.299 e. The van der Waals surface area contributed by atoms with Crippen molar-refractivity contribution in [2.45, 2.75) is 77.0 Å². The van der Waals surface area contributed by atoms with Gasteiger partial charge in [-0.25, -0.2) is 0 Å². The molecule has 2 nitrogen and oxygen atoms in total. The normalized spacial score (nSPS) is 24.8. The molecule has 0 radical (unpaired) electrons. The average Bonchev–Trinajstić information content (AvgIpc) is 2.71. The molecule has 0 bridgehead atoms. The second kappa shape index (κ2) is 10.0. The number of Topliss-reactive ketones (excluding diaryl/α,β-unsaturated/α-hetero) is 2. The number of hydrogen-bond donors (Lipinski definition) is 0. The van der Waals surface area contributed by atoms with Gasteiger partial charge in [0, 0.05) is 18.8 Å². The largest absolute Gasteiger partial charge is 0.299 e. The molecule has 146 valence electrons. The third-order valence-corrected chi connectivity index (χ3v) is 6.74. The highest BCUT2D eigenvalue weighted by Crippen LogP contribution is 2.44. The summed E-state index contributed by atoms with van der Waals surface area (Å²) in [5.41, 5.74) is 1.74. The maximum Gasteiger partial charge on any atom is 0.162 e. The Morgan fingerprint density at radius 1 is 0.889 bits per heavy atom. The van der Waals surface area contributed by atoms with Crippen LogP contribution in [-0.4, -0.2) is 11.6 Å². The van der Waals surface area contributed by atoms with Crippen LogP contribution in [0.25, 0.3) is 0 Å². The molecule has 2 heteroatoms. The van der Waals surface area contributed by atoms with Gasteiger partial charge in [0.2, 0.25) is 0 Å². The second-order valence-electron chi connectivity index (χ2n) is 8.61. The SMILES string of the molecule is C=C(CCCCC(=O)C1CCCC2CCCCC21)C(=O)Cc1ccccc1. The van der Waals surface area contributed by atoms with Crippen molar-refractivity contribution < 1.29 is 9.59 Å². The summed E-state index contributed by atoms with van der Waals surface area (Å²) < 4.78 is 0. The third kappa shape index (κ3) is 5.64. The quantitative estimate of drug-likeness (QED) is 0.391. The predicted octanol–water partition coefficient (Wildman–Crippen LogP) is 6.09. The van der Waals surface area contributed by atoms with E-state index in [9.17, 15) is 9.59 Å². The summed E-state index contributed by atoms with van der Waals surface area (Å²) in [7, 11) is 0. The van der Waals surface area contributed by atoms with Gasteiger partial charge in [0.15, 0.2) is 5.78 Å². The first kappa shape index (κ1) is 20.0. The summed E-state index contributed by atoms with van der Waals surface area (Å²) in [4.78, 5) is 25.1. The summed E-state index contributed by atoms with van der Waals surface area (Å²) in [5.74, 6) is 2.43. The van der Waals surface area contributed by atoms with Gasteiger partial charge in [-0.2, -0.15) is 0 Å². The Hall–Kier alpha value is -1.70. The minimum absolute atomic E-state index is 0.129. The molecule has 3 unspecified atom stereocenters. The Morgan fingerprint density at radius 2 is 1.59 bits per heavy atom. The van der Waals surface area contributed by atoms with Gasteiger partial charge < -0.3 is 0 Å². The average molecular weight is 367 g/mol. The van der Waals surface area contributed by atoms with Crippen molar-refractivity contribution in [3.63, 3.8) is 0 Å². The maximum atomic E-state index is 12.8. The van der Waals surface area contributed by atoms with Crippen LogP contribution in [0.4, 0.5) is 0 Å². The molecule has 0 amide bonds. The zero-order valence-electron chi connectivity index (χ0n) is 16.6. The number of rotatable bonds is 9. The lowest BCUT2D eigenvalue weighted by atomic mass is 9.64. The van der Waals surface area contributed by atoms with E-state index in [1.807, 2.05) is 30.3 Å². The van der Waals surface area contributed by atoms with Crippen molar-refractivity contribution in [2.75, 3.05) is 0 Å². The fourth-order valence-corrected chi connectivity index (χ4v) is 5.21. The molecule has 0 N–H and O–H groups in total. The molecule has 2 aliphatic carbocycles. The Balaban J connectivity index is 1.37. The zero-order chi connectivity index (χ0) is 19.1. The number of hydrogen-bond acceptors (Lipinski definition) is 2. The molecule has 3 rings (SSSR count). The van der Waals surface area contributed by atoms with Crippen LogP contribution in [0, 0.1) is 17.8 Å². The number of carbonyl (C=O) groups is 2. The van der Waals surface area contributed by atoms with E-state index in [0.717, 1.165) is 37.2 Å². The Kier molecular flexibility index (Phi) is 7.43. The van der Waals surface area contributed by atoms with Crippen molar-refractivity contribution >= 4 is 11.6 Å². The van der Waals surface area contributed by atoms with E-state index in [0.29, 0.717) is 36.0 Å². The molecule has 0 heterocycles. The van der Waals surface area contributed by atoms with Crippen LogP contribution in [0.5, 0.6) is 0 Å². The monoisotopic (exact) mass is 366 g/mol. The molecule has 1 aromatic rings. The molecule has 0 spiro atoms. The van der Waals surface area contributed by atoms with Crippen LogP contribution in [0.3, 0.4) is 0 Å². The van der Waals surface area contributed by atoms with E-state index >= 15 is 0 Å². The van der Waals surface area contributed by atoms with Crippen molar-refractivity contribution in [1.29, 1.82) is 0 Å². The van der Waals surface area contributed by atoms with Gasteiger partial charge in [-0.1, -0.05) is 69.0 Å². The van der Waals surface area contributed by atoms with Crippen LogP contribution in [0.2, 0.25) is 0 Å². The first-order chi connectivity index (χ1) is 13.1. The van der Waals surface area contributed by atoms with E-state index in [-0.39, 0.29) is 5.78 Å². The van der Waals surface area contributed by atoms with E-state index in [1.165, 1.54) is 38.5 Å². The van der Waals surface area contributed by atoms with Crippen molar-refractivity contribution in [1.82, 2.24) is 0 Å². The van der Waals surface area contributed by atoms with Gasteiger partial charge in [0.25, 0.3) is 0 Å². The lowest BCUT2D eigenvalue weighted by Crippen LogP contribution is -2.35. The lowest BCUT2D eigenvalue weighted by Gasteiger charge is -2.40. The second-order valence-corrected chi connectivity index (χ2v) is 8.61. The first-order valence-electron chi connectivity index (χ1n) is 10.9. The summed E-state index contributed by atoms with van der Waals surface area (Å²) in [6.45, 7) is 3.98. The maximum absolute atomic E-state index is 12.8. The Labute approximate surface area is 164 Å². The standard InChI is InChI=1S/C25H34O2/c1-19(25(27)18-20-11-3-2-4-12-20)10-5-8-17-24(26)23-16-9-14-21-13-6-7-15-22(21)23/h2-4,11-12,21-23H,1,5-10,13-18H2. The highest BCUT2D eigenvalue weighted by Gasteiger charge is 2.37. The van der Waals surface area contributed by atoms with E-state index in [4.69, 9.17) is 0 Å². The molecule has 2 fully saturated rings. The molecule has 3 atom stereocenters. The molecule has 0 aromatic heterocycles. The van der Waals surface area contributed by atoms with E-state index < -0.39 is 0 Å². The van der Waals surface area contributed by atoms with Gasteiger partial charge in [-0.3, -0.25) is 9.59 Å². The number of benzene rings is 1. The van der Waals surface area contributed by atoms with Crippen molar-refractivity contribution in [3.05, 3.63) is 48.0 Å². The molecular weight excluding hydrogens is 332 g/mol. The van der Waals surface area contributed by atoms with Crippen LogP contribution in [-0.2, 0) is 16.0 Å². The summed E-state index contributed by atoms with van der Waals surface area (Å²) in [6.07, 6.45) is 12.6. The Bertz CT molecular complexity index is 644. The molecular formula is C25H34O2. The van der Waals surface area contributed by atoms with Crippen LogP contribution < -0.4 is 0 Å². The van der Waals surface area contributed by atoms with Crippen molar-refractivity contribution in [2.24, 2.45) is 17.8 Å². The molecule has 0 saturated heterocycles. The first-order valence-corrected chi connectivity index (χ1v) is 10.9. The molecule has 2 aliphatic rings. The predicted molar refractivity (Wildman–Crippen MR) is 111 cm³/mol. The smallest absolute Gasteiger partial charge is 0.162 e. The molecule has 2 saturated carbocycles. The Morgan fingerprint density at radius 3 is 2.41 bits per heavy atom. The van der Waals surface area contributed by atoms with E-state index in [2.05, 4.69) is 6.58 Å². The van der Waals surface area contributed by atoms with Gasteiger partial charge in [0.05, 0.1) is 0 Å². The minimum atomic E-state index is 0.129. The number of carbonyl (C=O) groups excluding carboxylic acids is 2. The van der Waals surface area contributed by atoms with Crippen LogP contribution in [0.1, 0.15) is 76.2 Å². The van der Waals surface area contributed by atoms with Crippen molar-refractivity contribution in [3.8, 4) is 0 Å². The zero-order valence-corrected chi connectivity index (χ0v) is 16.6. The number of ketones is 2. The lowest BCUT2D eigenvalue weighted by molar-refractivity contribution is -0.127. The van der Waals surface area contributed by atoms with E-state index in [1.54, 1.807) is 0 Å².